The van der Waals surface area contributed by atoms with E-state index < -0.39 is 0 Å². The predicted octanol–water partition coefficient (Wildman–Crippen LogP) is 0.287. The van der Waals surface area contributed by atoms with Gasteiger partial charge in [-0.25, -0.2) is 5.41 Å². The van der Waals surface area contributed by atoms with Gasteiger partial charge in [0.25, 0.3) is 0 Å². The van der Waals surface area contributed by atoms with Crippen molar-refractivity contribution in [3.63, 3.8) is 0 Å². The van der Waals surface area contributed by atoms with Crippen LogP contribution in [0.25, 0.3) is 0 Å². The molecule has 21 valence electrons. The zero-order chi connectivity index (χ0) is 2.71. The molecule has 0 fully saturated rings. The molecular weight excluding hydrogens is 267 g/mol. The van der Waals surface area contributed by atoms with E-state index >= 15 is 0 Å². The first-order valence-corrected chi connectivity index (χ1v) is 0.862. The Labute approximate surface area is 49.0 Å². The van der Waals surface area contributed by atoms with Crippen molar-refractivity contribution in [2.45, 2.75) is 0 Å². The molecule has 0 aliphatic rings. The molecule has 0 rings (SSSR count). The van der Waals surface area contributed by atoms with E-state index in [9.17, 15) is 0 Å². The average molecular weight is 268 g/mol. The van der Waals surface area contributed by atoms with Crippen LogP contribution in [-0.2, 0) is 0 Å². The Morgan fingerprint density at radius 2 is 1.75 bits per heavy atom. The molecule has 3 radical (unpaired) electrons. The van der Waals surface area contributed by atoms with Crippen LogP contribution < -0.4 is 0 Å². The SMILES string of the molecule is N=C=S.[Bi]. The van der Waals surface area contributed by atoms with Gasteiger partial charge in [0.1, 0.15) is 0 Å². The third-order valence-electron chi connectivity index (χ3n) is 0. The van der Waals surface area contributed by atoms with E-state index in [1.54, 1.807) is 5.16 Å². The largest absolute Gasteiger partial charge is 0.248 e. The van der Waals surface area contributed by atoms with E-state index in [-0.39, 0.29) is 26.2 Å². The summed E-state index contributed by atoms with van der Waals surface area (Å²) < 4.78 is 0. The Morgan fingerprint density at radius 3 is 1.75 bits per heavy atom. The quantitative estimate of drug-likeness (QED) is 0.381. The summed E-state index contributed by atoms with van der Waals surface area (Å²) in [5, 5.41) is 7.36. The van der Waals surface area contributed by atoms with Gasteiger partial charge in [0.15, 0.2) is 0 Å². The fourth-order valence-corrected chi connectivity index (χ4v) is 0. The minimum Gasteiger partial charge on any atom is -0.248 e. The molecule has 3 heteroatoms. The van der Waals surface area contributed by atoms with Crippen molar-refractivity contribution in [1.29, 1.82) is 5.41 Å². The fourth-order valence-electron chi connectivity index (χ4n) is 0. The Bertz CT molecular complexity index is 29.0. The molecule has 0 amide bonds. The minimum absolute atomic E-state index is 0. The van der Waals surface area contributed by atoms with Crippen molar-refractivity contribution in [1.82, 2.24) is 0 Å². The molecule has 0 aliphatic heterocycles. The summed E-state index contributed by atoms with van der Waals surface area (Å²) in [7, 11) is 0. The van der Waals surface area contributed by atoms with Gasteiger partial charge in [-0.2, -0.15) is 0 Å². The van der Waals surface area contributed by atoms with E-state index in [2.05, 4.69) is 12.2 Å². The van der Waals surface area contributed by atoms with Crippen molar-refractivity contribution in [3.8, 4) is 0 Å². The van der Waals surface area contributed by atoms with Crippen molar-refractivity contribution in [3.05, 3.63) is 0 Å². The summed E-state index contributed by atoms with van der Waals surface area (Å²) in [6.45, 7) is 0. The van der Waals surface area contributed by atoms with E-state index in [0.29, 0.717) is 0 Å². The molecule has 0 aromatic heterocycles. The number of rotatable bonds is 0. The molecule has 1 N–H and O–H groups in total. The van der Waals surface area contributed by atoms with Crippen molar-refractivity contribution >= 4 is 43.6 Å². The molecule has 0 bridgehead atoms. The number of hydrogen-bond donors (Lipinski definition) is 1. The Kier molecular flexibility index (Phi) is 20.6. The van der Waals surface area contributed by atoms with Gasteiger partial charge in [-0.15, -0.1) is 0 Å². The first kappa shape index (κ1) is 8.82. The molecule has 0 aromatic rings. The Balaban J connectivity index is 0. The van der Waals surface area contributed by atoms with Gasteiger partial charge >= 0.3 is 0 Å². The van der Waals surface area contributed by atoms with Crippen LogP contribution in [0, 0.1) is 5.41 Å². The monoisotopic (exact) mass is 268 g/mol. The standard InChI is InChI=1S/CHNS.Bi/c2-1-3;/h2H;. The molecule has 0 saturated carbocycles. The third kappa shape index (κ3) is 16.3. The van der Waals surface area contributed by atoms with Crippen LogP contribution in [0.4, 0.5) is 0 Å². The normalized spacial score (nSPS) is 2.00. The average Bonchev–Trinajstić information content (AvgIpc) is 0.918. The second-order valence-electron chi connectivity index (χ2n) is 0.102. The van der Waals surface area contributed by atoms with E-state index in [1.165, 1.54) is 0 Å². The predicted molar refractivity (Wildman–Crippen MR) is 21.1 cm³/mol. The van der Waals surface area contributed by atoms with Crippen LogP contribution in [-0.4, -0.2) is 31.4 Å². The third-order valence-corrected chi connectivity index (χ3v) is 0. The molecule has 0 saturated heterocycles. The maximum atomic E-state index is 5.77. The van der Waals surface area contributed by atoms with E-state index in [1.807, 2.05) is 0 Å². The van der Waals surface area contributed by atoms with Gasteiger partial charge in [-0.3, -0.25) is 0 Å². The Morgan fingerprint density at radius 1 is 1.75 bits per heavy atom. The smallest absolute Gasteiger partial charge is 0.0554 e. The molecule has 0 atom stereocenters. The Hall–Kier alpha value is 0.683. The minimum atomic E-state index is 0. The number of hydrogen-bond acceptors (Lipinski definition) is 2. The van der Waals surface area contributed by atoms with Crippen LogP contribution in [0.15, 0.2) is 0 Å². The van der Waals surface area contributed by atoms with Crippen LogP contribution in [0.2, 0.25) is 0 Å². The van der Waals surface area contributed by atoms with Gasteiger partial charge in [0.2, 0.25) is 0 Å². The zero-order valence-electron chi connectivity index (χ0n) is 1.86. The van der Waals surface area contributed by atoms with Crippen LogP contribution >= 0.6 is 12.2 Å². The zero-order valence-corrected chi connectivity index (χ0v) is 6.15. The number of nitrogens with one attached hydrogen (secondary N) is 1. The summed E-state index contributed by atoms with van der Waals surface area (Å²) in [5.41, 5.74) is 0. The van der Waals surface area contributed by atoms with Gasteiger partial charge in [-0.05, 0) is 12.2 Å². The fraction of sp³-hybridized carbons (Fsp3) is 0. The topological polar surface area (TPSA) is 23.9 Å². The van der Waals surface area contributed by atoms with Gasteiger partial charge in [0.05, 0.1) is 5.16 Å². The number of thiocarbonyl (C=S) groups is 1. The first-order valence-electron chi connectivity index (χ1n) is 0.454. The second-order valence-corrected chi connectivity index (χ2v) is 0.306. The molecule has 0 unspecified atom stereocenters. The molecule has 4 heavy (non-hydrogen) atoms. The number of isothiocyanates is 1. The van der Waals surface area contributed by atoms with Gasteiger partial charge in [0, 0.05) is 26.2 Å². The summed E-state index contributed by atoms with van der Waals surface area (Å²) in [4.78, 5) is 0. The van der Waals surface area contributed by atoms with Gasteiger partial charge < -0.3 is 0 Å². The molecule has 0 heterocycles. The summed E-state index contributed by atoms with van der Waals surface area (Å²) in [6.07, 6.45) is 0. The van der Waals surface area contributed by atoms with Gasteiger partial charge in [-0.1, -0.05) is 0 Å². The van der Waals surface area contributed by atoms with Crippen molar-refractivity contribution in [2.24, 2.45) is 0 Å². The van der Waals surface area contributed by atoms with Crippen LogP contribution in [0.1, 0.15) is 0 Å². The van der Waals surface area contributed by atoms with Crippen molar-refractivity contribution < 1.29 is 0 Å². The maximum absolute atomic E-state index is 5.77. The first-order chi connectivity index (χ1) is 1.41. The summed E-state index contributed by atoms with van der Waals surface area (Å²) >= 11 is 3.81. The maximum Gasteiger partial charge on any atom is 0.0554 e. The molecule has 1 nitrogen and oxygen atoms in total. The van der Waals surface area contributed by atoms with Crippen LogP contribution in [0.5, 0.6) is 0 Å². The summed E-state index contributed by atoms with van der Waals surface area (Å²) in [6, 6.07) is 0. The summed E-state index contributed by atoms with van der Waals surface area (Å²) in [5.74, 6) is 0. The second kappa shape index (κ2) is 9.36. The molecular formula is CHBiNS. The van der Waals surface area contributed by atoms with Crippen molar-refractivity contribution in [2.75, 3.05) is 0 Å². The van der Waals surface area contributed by atoms with Crippen LogP contribution in [0.3, 0.4) is 0 Å². The molecule has 0 aliphatic carbocycles. The molecule has 0 spiro atoms. The van der Waals surface area contributed by atoms with E-state index in [4.69, 9.17) is 5.41 Å². The van der Waals surface area contributed by atoms with E-state index in [0.717, 1.165) is 0 Å². The molecule has 0 aromatic carbocycles.